The minimum Gasteiger partial charge on any atom is -0.441 e. The van der Waals surface area contributed by atoms with Crippen LogP contribution in [0.2, 0.25) is 0 Å². The van der Waals surface area contributed by atoms with Gasteiger partial charge in [0, 0.05) is 36.2 Å². The van der Waals surface area contributed by atoms with E-state index in [1.165, 1.54) is 12.3 Å². The molecule has 0 radical (unpaired) electrons. The Balaban J connectivity index is 1.28. The molecule has 0 unspecified atom stereocenters. The van der Waals surface area contributed by atoms with Crippen LogP contribution in [-0.4, -0.2) is 22.8 Å². The van der Waals surface area contributed by atoms with Crippen molar-refractivity contribution in [1.82, 2.24) is 10.3 Å². The number of nitrogens with zero attached hydrogens (tertiary/aromatic N) is 1. The molecule has 3 aromatic rings. The first kappa shape index (κ1) is 21.7. The van der Waals surface area contributed by atoms with Crippen LogP contribution in [0.25, 0.3) is 11.3 Å². The molecule has 1 aromatic heterocycles. The van der Waals surface area contributed by atoms with Crippen molar-refractivity contribution in [3.8, 4) is 11.3 Å². The lowest BCUT2D eigenvalue weighted by Crippen LogP contribution is -2.32. The van der Waals surface area contributed by atoms with Crippen molar-refractivity contribution in [3.05, 3.63) is 71.8 Å². The van der Waals surface area contributed by atoms with Gasteiger partial charge < -0.3 is 15.1 Å². The Morgan fingerprint density at radius 3 is 2.53 bits per heavy atom. The van der Waals surface area contributed by atoms with Gasteiger partial charge in [-0.25, -0.2) is 13.8 Å². The summed E-state index contributed by atoms with van der Waals surface area (Å²) in [5.74, 6) is -1.33. The van der Waals surface area contributed by atoms with Crippen LogP contribution in [0.4, 0.5) is 14.5 Å². The molecule has 2 aromatic carbocycles. The molecule has 8 heteroatoms. The maximum absolute atomic E-state index is 13.9. The molecular formula is C24H23F2N3O3. The summed E-state index contributed by atoms with van der Waals surface area (Å²) in [4.78, 5) is 28.6. The third-order valence-corrected chi connectivity index (χ3v) is 5.44. The summed E-state index contributed by atoms with van der Waals surface area (Å²) in [6, 6.07) is 10.2. The Bertz CT molecular complexity index is 1110. The maximum atomic E-state index is 13.9. The quantitative estimate of drug-likeness (QED) is 0.551. The molecule has 1 fully saturated rings. The first-order chi connectivity index (χ1) is 15.5. The number of hydrogen-bond donors (Lipinski definition) is 2. The highest BCUT2D eigenvalue weighted by Crippen LogP contribution is 2.24. The number of amides is 2. The van der Waals surface area contributed by atoms with E-state index in [9.17, 15) is 18.4 Å². The fraction of sp³-hybridized carbons (Fsp3) is 0.292. The van der Waals surface area contributed by atoms with Crippen molar-refractivity contribution in [3.63, 3.8) is 0 Å². The highest BCUT2D eigenvalue weighted by Gasteiger charge is 2.18. The molecule has 0 saturated heterocycles. The number of anilines is 1. The van der Waals surface area contributed by atoms with E-state index in [2.05, 4.69) is 15.6 Å². The number of rotatable bonds is 7. The minimum atomic E-state index is -0.745. The van der Waals surface area contributed by atoms with Gasteiger partial charge in [-0.1, -0.05) is 12.8 Å². The van der Waals surface area contributed by atoms with E-state index in [4.69, 9.17) is 4.42 Å². The highest BCUT2D eigenvalue weighted by atomic mass is 19.1. The van der Waals surface area contributed by atoms with Gasteiger partial charge >= 0.3 is 0 Å². The van der Waals surface area contributed by atoms with Gasteiger partial charge in [-0.2, -0.15) is 0 Å². The Morgan fingerprint density at radius 1 is 1.06 bits per heavy atom. The smallest absolute Gasteiger partial charge is 0.251 e. The number of nitrogens with one attached hydrogen (secondary N) is 2. The zero-order valence-electron chi connectivity index (χ0n) is 17.4. The fourth-order valence-corrected chi connectivity index (χ4v) is 3.73. The second-order valence-electron chi connectivity index (χ2n) is 7.82. The predicted molar refractivity (Wildman–Crippen MR) is 115 cm³/mol. The molecule has 2 N–H and O–H groups in total. The van der Waals surface area contributed by atoms with Crippen LogP contribution in [0.3, 0.4) is 0 Å². The Kier molecular flexibility index (Phi) is 6.58. The van der Waals surface area contributed by atoms with Crippen molar-refractivity contribution in [2.45, 2.75) is 44.6 Å². The van der Waals surface area contributed by atoms with Gasteiger partial charge in [-0.15, -0.1) is 0 Å². The molecule has 0 bridgehead atoms. The lowest BCUT2D eigenvalue weighted by atomic mass is 10.1. The van der Waals surface area contributed by atoms with Crippen molar-refractivity contribution in [1.29, 1.82) is 0 Å². The van der Waals surface area contributed by atoms with Gasteiger partial charge in [-0.3, -0.25) is 9.59 Å². The standard InChI is InChI=1S/C24H23F2N3O3/c25-16-7-10-19(20(26)13-16)21-14-27-23(32-21)12-11-22(30)28-18-8-5-15(6-9-18)24(31)29-17-3-1-2-4-17/h5-10,13-14,17H,1-4,11-12H2,(H,28,30)(H,29,31). The molecule has 1 saturated carbocycles. The maximum Gasteiger partial charge on any atom is 0.251 e. The Hall–Kier alpha value is -3.55. The SMILES string of the molecule is O=C(CCc1ncc(-c2ccc(F)cc2F)o1)Nc1ccc(C(=O)NC2CCCC2)cc1. The van der Waals surface area contributed by atoms with E-state index in [0.717, 1.165) is 37.8 Å². The zero-order valence-corrected chi connectivity index (χ0v) is 17.4. The number of carbonyl (C=O) groups is 2. The number of aromatic nitrogens is 1. The summed E-state index contributed by atoms with van der Waals surface area (Å²) in [6.45, 7) is 0. The summed E-state index contributed by atoms with van der Waals surface area (Å²) in [6.07, 6.45) is 6.00. The number of oxazole rings is 1. The number of carbonyl (C=O) groups excluding carboxylic acids is 2. The monoisotopic (exact) mass is 439 g/mol. The van der Waals surface area contributed by atoms with Crippen LogP contribution < -0.4 is 10.6 Å². The van der Waals surface area contributed by atoms with Gasteiger partial charge in [0.25, 0.3) is 5.91 Å². The van der Waals surface area contributed by atoms with Crippen molar-refractivity contribution in [2.24, 2.45) is 0 Å². The highest BCUT2D eigenvalue weighted by molar-refractivity contribution is 5.96. The van der Waals surface area contributed by atoms with Crippen molar-refractivity contribution < 1.29 is 22.8 Å². The first-order valence-electron chi connectivity index (χ1n) is 10.6. The molecule has 0 aliphatic heterocycles. The summed E-state index contributed by atoms with van der Waals surface area (Å²) in [7, 11) is 0. The number of aryl methyl sites for hydroxylation is 1. The fourth-order valence-electron chi connectivity index (χ4n) is 3.73. The van der Waals surface area contributed by atoms with E-state index in [0.29, 0.717) is 11.3 Å². The molecule has 32 heavy (non-hydrogen) atoms. The lowest BCUT2D eigenvalue weighted by molar-refractivity contribution is -0.116. The molecular weight excluding hydrogens is 416 g/mol. The van der Waals surface area contributed by atoms with Crippen molar-refractivity contribution >= 4 is 17.5 Å². The minimum absolute atomic E-state index is 0.103. The summed E-state index contributed by atoms with van der Waals surface area (Å²) < 4.78 is 32.4. The number of benzene rings is 2. The van der Waals surface area contributed by atoms with Crippen molar-refractivity contribution in [2.75, 3.05) is 5.32 Å². The molecule has 166 valence electrons. The molecule has 1 aliphatic rings. The van der Waals surface area contributed by atoms with Crippen LogP contribution >= 0.6 is 0 Å². The van der Waals surface area contributed by atoms with Crippen LogP contribution in [-0.2, 0) is 11.2 Å². The lowest BCUT2D eigenvalue weighted by Gasteiger charge is -2.12. The largest absolute Gasteiger partial charge is 0.441 e. The van der Waals surface area contributed by atoms with Crippen LogP contribution in [0.1, 0.15) is 48.4 Å². The van der Waals surface area contributed by atoms with Gasteiger partial charge in [0.2, 0.25) is 5.91 Å². The third kappa shape index (κ3) is 5.38. The average Bonchev–Trinajstić information content (AvgIpc) is 3.45. The van der Waals surface area contributed by atoms with Crippen LogP contribution in [0, 0.1) is 11.6 Å². The zero-order chi connectivity index (χ0) is 22.5. The Morgan fingerprint density at radius 2 is 1.81 bits per heavy atom. The average molecular weight is 439 g/mol. The molecule has 2 amide bonds. The summed E-state index contributed by atoms with van der Waals surface area (Å²) in [5, 5.41) is 5.79. The van der Waals surface area contributed by atoms with E-state index in [1.807, 2.05) is 0 Å². The van der Waals surface area contributed by atoms with Gasteiger partial charge in [-0.05, 0) is 49.2 Å². The summed E-state index contributed by atoms with van der Waals surface area (Å²) >= 11 is 0. The number of halogens is 2. The van der Waals surface area contributed by atoms with Crippen LogP contribution in [0.5, 0.6) is 0 Å². The molecule has 1 heterocycles. The molecule has 1 aliphatic carbocycles. The first-order valence-corrected chi connectivity index (χ1v) is 10.6. The van der Waals surface area contributed by atoms with Gasteiger partial charge in [0.1, 0.15) is 11.6 Å². The van der Waals surface area contributed by atoms with E-state index >= 15 is 0 Å². The second-order valence-corrected chi connectivity index (χ2v) is 7.82. The molecule has 4 rings (SSSR count). The number of hydrogen-bond acceptors (Lipinski definition) is 4. The predicted octanol–water partition coefficient (Wildman–Crippen LogP) is 4.86. The normalized spacial score (nSPS) is 13.8. The summed E-state index contributed by atoms with van der Waals surface area (Å²) in [5.41, 5.74) is 1.23. The van der Waals surface area contributed by atoms with Gasteiger partial charge in [0.15, 0.2) is 11.7 Å². The van der Waals surface area contributed by atoms with E-state index in [1.54, 1.807) is 24.3 Å². The third-order valence-electron chi connectivity index (χ3n) is 5.44. The van der Waals surface area contributed by atoms with E-state index in [-0.39, 0.29) is 47.9 Å². The topological polar surface area (TPSA) is 84.2 Å². The van der Waals surface area contributed by atoms with E-state index < -0.39 is 11.6 Å². The molecule has 0 spiro atoms. The molecule has 0 atom stereocenters. The second kappa shape index (κ2) is 9.72. The van der Waals surface area contributed by atoms with Crippen LogP contribution in [0.15, 0.2) is 53.1 Å². The molecule has 6 nitrogen and oxygen atoms in total. The Labute approximate surface area is 184 Å². The van der Waals surface area contributed by atoms with Gasteiger partial charge in [0.05, 0.1) is 11.8 Å².